The van der Waals surface area contributed by atoms with E-state index >= 15 is 0 Å². The first-order valence-electron chi connectivity index (χ1n) is 6.58. The number of pyridine rings is 1. The number of rotatable bonds is 5. The number of aromatic nitrogens is 1. The number of hydrogen-bond donors (Lipinski definition) is 0. The fourth-order valence-electron chi connectivity index (χ4n) is 1.83. The molecule has 4 nitrogen and oxygen atoms in total. The molecule has 0 bridgehead atoms. The van der Waals surface area contributed by atoms with E-state index in [1.807, 2.05) is 12.1 Å². The second kappa shape index (κ2) is 5.69. The van der Waals surface area contributed by atoms with Gasteiger partial charge < -0.3 is 9.47 Å². The Morgan fingerprint density at radius 3 is 3.00 bits per heavy atom. The highest BCUT2D eigenvalue weighted by Crippen LogP contribution is 2.36. The molecule has 2 aromatic rings. The standard InChI is InChI=1S/C14H14BrNO3S/c1-2-18-14(17)12-11(15)9-5-6-10(16-13(9)20-12)19-7-8-3-4-8/h5-6,8H,2-4,7H2,1H3. The van der Waals surface area contributed by atoms with Crippen molar-refractivity contribution in [2.24, 2.45) is 5.92 Å². The SMILES string of the molecule is CCOC(=O)c1sc2nc(OCC3CC3)ccc2c1Br. The number of carbonyl (C=O) groups is 1. The topological polar surface area (TPSA) is 48.4 Å². The lowest BCUT2D eigenvalue weighted by atomic mass is 10.3. The molecule has 3 rings (SSSR count). The Hall–Kier alpha value is -1.14. The number of fused-ring (bicyclic) bond motifs is 1. The van der Waals surface area contributed by atoms with Crippen molar-refractivity contribution in [1.82, 2.24) is 4.98 Å². The Morgan fingerprint density at radius 1 is 1.50 bits per heavy atom. The Balaban J connectivity index is 1.87. The van der Waals surface area contributed by atoms with Crippen LogP contribution in [0.15, 0.2) is 16.6 Å². The molecule has 2 heterocycles. The van der Waals surface area contributed by atoms with Crippen molar-refractivity contribution in [1.29, 1.82) is 0 Å². The van der Waals surface area contributed by atoms with Crippen molar-refractivity contribution >= 4 is 43.5 Å². The maximum absolute atomic E-state index is 11.8. The molecule has 1 saturated carbocycles. The first-order chi connectivity index (χ1) is 9.69. The fraction of sp³-hybridized carbons (Fsp3) is 0.429. The fourth-order valence-corrected chi connectivity index (χ4v) is 3.63. The third-order valence-corrected chi connectivity index (χ3v) is 5.26. The minimum Gasteiger partial charge on any atom is -0.477 e. The molecule has 0 atom stereocenters. The van der Waals surface area contributed by atoms with Gasteiger partial charge in [0, 0.05) is 11.5 Å². The number of halogens is 1. The molecule has 0 unspecified atom stereocenters. The average molecular weight is 356 g/mol. The molecular formula is C14H14BrNO3S. The first-order valence-corrected chi connectivity index (χ1v) is 8.19. The molecule has 0 N–H and O–H groups in total. The summed E-state index contributed by atoms with van der Waals surface area (Å²) in [6.07, 6.45) is 2.50. The second-order valence-corrected chi connectivity index (χ2v) is 6.51. The maximum atomic E-state index is 11.8. The zero-order valence-electron chi connectivity index (χ0n) is 11.0. The molecule has 0 saturated heterocycles. The van der Waals surface area contributed by atoms with Crippen molar-refractivity contribution in [3.8, 4) is 5.88 Å². The number of nitrogens with zero attached hydrogens (tertiary/aromatic N) is 1. The number of hydrogen-bond acceptors (Lipinski definition) is 5. The molecule has 106 valence electrons. The highest BCUT2D eigenvalue weighted by atomic mass is 79.9. The van der Waals surface area contributed by atoms with Gasteiger partial charge >= 0.3 is 5.97 Å². The van der Waals surface area contributed by atoms with E-state index in [-0.39, 0.29) is 5.97 Å². The molecule has 0 radical (unpaired) electrons. The molecule has 0 spiro atoms. The summed E-state index contributed by atoms with van der Waals surface area (Å²) in [5, 5.41) is 0.914. The molecule has 6 heteroatoms. The third-order valence-electron chi connectivity index (χ3n) is 3.09. The van der Waals surface area contributed by atoms with Crippen molar-refractivity contribution < 1.29 is 14.3 Å². The minimum atomic E-state index is -0.317. The highest BCUT2D eigenvalue weighted by Gasteiger charge is 2.23. The Bertz CT molecular complexity index is 651. The molecule has 2 aromatic heterocycles. The Morgan fingerprint density at radius 2 is 2.30 bits per heavy atom. The van der Waals surface area contributed by atoms with E-state index in [4.69, 9.17) is 9.47 Å². The van der Waals surface area contributed by atoms with E-state index < -0.39 is 0 Å². The summed E-state index contributed by atoms with van der Waals surface area (Å²) < 4.78 is 11.4. The van der Waals surface area contributed by atoms with Gasteiger partial charge in [-0.15, -0.1) is 11.3 Å². The lowest BCUT2D eigenvalue weighted by Gasteiger charge is -2.03. The van der Waals surface area contributed by atoms with Gasteiger partial charge in [0.05, 0.1) is 17.7 Å². The van der Waals surface area contributed by atoms with Crippen molar-refractivity contribution in [3.05, 3.63) is 21.5 Å². The zero-order valence-corrected chi connectivity index (χ0v) is 13.4. The van der Waals surface area contributed by atoms with Crippen LogP contribution in [0.25, 0.3) is 10.2 Å². The predicted molar refractivity (Wildman–Crippen MR) is 81.5 cm³/mol. The van der Waals surface area contributed by atoms with E-state index in [1.54, 1.807) is 6.92 Å². The Labute approximate surface area is 129 Å². The van der Waals surface area contributed by atoms with Gasteiger partial charge in [0.2, 0.25) is 5.88 Å². The maximum Gasteiger partial charge on any atom is 0.349 e. The summed E-state index contributed by atoms with van der Waals surface area (Å²) in [7, 11) is 0. The highest BCUT2D eigenvalue weighted by molar-refractivity contribution is 9.10. The van der Waals surface area contributed by atoms with Crippen LogP contribution in [0.2, 0.25) is 0 Å². The molecule has 0 amide bonds. The van der Waals surface area contributed by atoms with Gasteiger partial charge in [-0.05, 0) is 47.7 Å². The van der Waals surface area contributed by atoms with Crippen LogP contribution in [0.3, 0.4) is 0 Å². The summed E-state index contributed by atoms with van der Waals surface area (Å²) in [5.41, 5.74) is 0. The van der Waals surface area contributed by atoms with Crippen LogP contribution in [0.5, 0.6) is 5.88 Å². The first kappa shape index (κ1) is 13.8. The second-order valence-electron chi connectivity index (χ2n) is 4.72. The van der Waals surface area contributed by atoms with Crippen LogP contribution in [0.4, 0.5) is 0 Å². The monoisotopic (exact) mass is 355 g/mol. The molecule has 0 aromatic carbocycles. The van der Waals surface area contributed by atoms with Gasteiger partial charge in [-0.25, -0.2) is 9.78 Å². The van der Waals surface area contributed by atoms with Gasteiger partial charge in [-0.2, -0.15) is 0 Å². The van der Waals surface area contributed by atoms with Crippen LogP contribution >= 0.6 is 27.3 Å². The molecule has 1 aliphatic carbocycles. The van der Waals surface area contributed by atoms with Gasteiger partial charge in [0.15, 0.2) is 0 Å². The van der Waals surface area contributed by atoms with Crippen molar-refractivity contribution in [2.45, 2.75) is 19.8 Å². The molecule has 1 aliphatic rings. The average Bonchev–Trinajstić information content (AvgIpc) is 3.21. The van der Waals surface area contributed by atoms with Gasteiger partial charge in [-0.1, -0.05) is 0 Å². The number of carbonyl (C=O) groups excluding carboxylic acids is 1. The van der Waals surface area contributed by atoms with Crippen molar-refractivity contribution in [2.75, 3.05) is 13.2 Å². The minimum absolute atomic E-state index is 0.317. The Kier molecular flexibility index (Phi) is 3.94. The smallest absolute Gasteiger partial charge is 0.349 e. The van der Waals surface area contributed by atoms with Gasteiger partial charge in [0.1, 0.15) is 9.71 Å². The zero-order chi connectivity index (χ0) is 14.1. The number of thiophene rings is 1. The van der Waals surface area contributed by atoms with Gasteiger partial charge in [-0.3, -0.25) is 0 Å². The van der Waals surface area contributed by atoms with Gasteiger partial charge in [0.25, 0.3) is 0 Å². The summed E-state index contributed by atoms with van der Waals surface area (Å²) in [5.74, 6) is 0.994. The third kappa shape index (κ3) is 2.81. The summed E-state index contributed by atoms with van der Waals surface area (Å²) in [6, 6.07) is 3.77. The van der Waals surface area contributed by atoms with Crippen LogP contribution in [0, 0.1) is 5.92 Å². The predicted octanol–water partition coefficient (Wildman–Crippen LogP) is 4.02. The van der Waals surface area contributed by atoms with E-state index in [1.165, 1.54) is 24.2 Å². The van der Waals surface area contributed by atoms with Crippen LogP contribution in [-0.2, 0) is 4.74 Å². The van der Waals surface area contributed by atoms with Crippen LogP contribution < -0.4 is 4.74 Å². The normalized spacial score (nSPS) is 14.5. The van der Waals surface area contributed by atoms with E-state index in [0.29, 0.717) is 23.3 Å². The molecular weight excluding hydrogens is 342 g/mol. The largest absolute Gasteiger partial charge is 0.477 e. The lowest BCUT2D eigenvalue weighted by molar-refractivity contribution is 0.0531. The summed E-state index contributed by atoms with van der Waals surface area (Å²) >= 11 is 4.77. The summed E-state index contributed by atoms with van der Waals surface area (Å²) in [4.78, 5) is 17.6. The summed E-state index contributed by atoms with van der Waals surface area (Å²) in [6.45, 7) is 2.89. The lowest BCUT2D eigenvalue weighted by Crippen LogP contribution is -2.02. The quantitative estimate of drug-likeness (QED) is 0.759. The van der Waals surface area contributed by atoms with E-state index in [2.05, 4.69) is 20.9 Å². The molecule has 0 aliphatic heterocycles. The van der Waals surface area contributed by atoms with E-state index in [9.17, 15) is 4.79 Å². The number of esters is 1. The number of ether oxygens (including phenoxy) is 2. The van der Waals surface area contributed by atoms with E-state index in [0.717, 1.165) is 21.3 Å². The van der Waals surface area contributed by atoms with Crippen LogP contribution in [0.1, 0.15) is 29.4 Å². The molecule has 1 fully saturated rings. The van der Waals surface area contributed by atoms with Crippen LogP contribution in [-0.4, -0.2) is 24.2 Å². The van der Waals surface area contributed by atoms with Crippen molar-refractivity contribution in [3.63, 3.8) is 0 Å². The molecule has 20 heavy (non-hydrogen) atoms.